The van der Waals surface area contributed by atoms with E-state index >= 15 is 0 Å². The van der Waals surface area contributed by atoms with Crippen LogP contribution >= 0.6 is 0 Å². The lowest BCUT2D eigenvalue weighted by Gasteiger charge is -2.09. The maximum atomic E-state index is 4.72. The molecule has 2 aromatic carbocycles. The number of fused-ring (bicyclic) bond motifs is 2. The van der Waals surface area contributed by atoms with E-state index in [9.17, 15) is 0 Å². The zero-order valence-corrected chi connectivity index (χ0v) is 13.1. The van der Waals surface area contributed by atoms with Gasteiger partial charge in [-0.15, -0.1) is 0 Å². The van der Waals surface area contributed by atoms with Crippen LogP contribution < -0.4 is 0 Å². The third kappa shape index (κ3) is 1.77. The van der Waals surface area contributed by atoms with E-state index in [1.54, 1.807) is 0 Å². The van der Waals surface area contributed by atoms with Crippen LogP contribution in [0.4, 0.5) is 5.69 Å². The van der Waals surface area contributed by atoms with Crippen molar-refractivity contribution in [2.75, 3.05) is 0 Å². The molecule has 2 heteroatoms. The van der Waals surface area contributed by atoms with E-state index < -0.39 is 0 Å². The van der Waals surface area contributed by atoms with Crippen LogP contribution in [0.25, 0.3) is 22.0 Å². The Labute approximate surface area is 130 Å². The zero-order chi connectivity index (χ0) is 15.3. The lowest BCUT2D eigenvalue weighted by molar-refractivity contribution is 1.28. The van der Waals surface area contributed by atoms with Gasteiger partial charge in [-0.05, 0) is 38.5 Å². The molecule has 1 aromatic heterocycles. The molecule has 1 N–H and O–H groups in total. The molecular formula is C20H18N2. The molecule has 0 bridgehead atoms. The Morgan fingerprint density at radius 3 is 2.55 bits per heavy atom. The van der Waals surface area contributed by atoms with Crippen LogP contribution in [0, 0.1) is 6.92 Å². The molecule has 2 heterocycles. The third-order valence-electron chi connectivity index (χ3n) is 4.47. The molecule has 0 radical (unpaired) electrons. The lowest BCUT2D eigenvalue weighted by Crippen LogP contribution is -1.95. The molecule has 0 saturated carbocycles. The molecule has 22 heavy (non-hydrogen) atoms. The number of H-pyrrole nitrogens is 1. The third-order valence-corrected chi connectivity index (χ3v) is 4.47. The number of hydrogen-bond acceptors (Lipinski definition) is 1. The predicted octanol–water partition coefficient (Wildman–Crippen LogP) is 5.51. The summed E-state index contributed by atoms with van der Waals surface area (Å²) in [5.74, 6) is 0. The van der Waals surface area contributed by atoms with Crippen molar-refractivity contribution in [2.24, 2.45) is 4.99 Å². The van der Waals surface area contributed by atoms with Crippen molar-refractivity contribution in [2.45, 2.75) is 20.8 Å². The largest absolute Gasteiger partial charge is 0.358 e. The second kappa shape index (κ2) is 4.70. The first-order valence-corrected chi connectivity index (χ1v) is 7.60. The fourth-order valence-electron chi connectivity index (χ4n) is 3.57. The van der Waals surface area contributed by atoms with Gasteiger partial charge in [0.05, 0.1) is 5.69 Å². The number of nitrogens with zero attached hydrogens (tertiary/aromatic N) is 1. The monoisotopic (exact) mass is 286 g/mol. The highest BCUT2D eigenvalue weighted by Crippen LogP contribution is 2.41. The highest BCUT2D eigenvalue weighted by atomic mass is 14.8. The Morgan fingerprint density at radius 1 is 0.955 bits per heavy atom. The van der Waals surface area contributed by atoms with Crippen LogP contribution in [0.5, 0.6) is 0 Å². The van der Waals surface area contributed by atoms with E-state index in [2.05, 4.69) is 68.2 Å². The zero-order valence-electron chi connectivity index (χ0n) is 13.1. The number of allylic oxidation sites excluding steroid dienone is 2. The van der Waals surface area contributed by atoms with E-state index in [4.69, 9.17) is 4.99 Å². The van der Waals surface area contributed by atoms with E-state index in [0.717, 1.165) is 11.4 Å². The molecule has 0 aliphatic carbocycles. The van der Waals surface area contributed by atoms with Crippen LogP contribution in [0.1, 0.15) is 30.7 Å². The van der Waals surface area contributed by atoms with Crippen molar-refractivity contribution in [3.05, 3.63) is 65.4 Å². The van der Waals surface area contributed by atoms with Gasteiger partial charge >= 0.3 is 0 Å². The molecule has 1 aliphatic rings. The molecule has 0 saturated heterocycles. The van der Waals surface area contributed by atoms with Gasteiger partial charge in [-0.25, -0.2) is 0 Å². The maximum Gasteiger partial charge on any atom is 0.0712 e. The number of nitrogens with one attached hydrogen (secondary N) is 1. The summed E-state index contributed by atoms with van der Waals surface area (Å²) in [4.78, 5) is 8.22. The van der Waals surface area contributed by atoms with Crippen LogP contribution in [0.2, 0.25) is 0 Å². The number of aliphatic imine (C=N–C) groups is 1. The van der Waals surface area contributed by atoms with Gasteiger partial charge in [0, 0.05) is 39.0 Å². The Hall–Kier alpha value is -2.61. The standard InChI is InChI=1S/C20H18N2/c1-12(19-13(2)21-17-10-6-4-8-15(17)19)20-14(3)22-18-11-7-5-9-16(18)20/h4-11,21H,1-3H3/b20-12+. The minimum absolute atomic E-state index is 1.08. The molecule has 108 valence electrons. The average molecular weight is 286 g/mol. The lowest BCUT2D eigenvalue weighted by atomic mass is 9.92. The molecule has 0 spiro atoms. The molecule has 2 nitrogen and oxygen atoms in total. The van der Waals surface area contributed by atoms with Crippen molar-refractivity contribution in [1.29, 1.82) is 0 Å². The second-order valence-electron chi connectivity index (χ2n) is 5.88. The average Bonchev–Trinajstić information content (AvgIpc) is 3.01. The SMILES string of the molecule is CC1=Nc2ccccc2/C1=C(\C)c1c(C)[nH]c2ccccc12. The number of hydrogen-bond donors (Lipinski definition) is 1. The summed E-state index contributed by atoms with van der Waals surface area (Å²) in [6, 6.07) is 16.9. The van der Waals surface area contributed by atoms with E-state index in [1.165, 1.54) is 38.9 Å². The summed E-state index contributed by atoms with van der Waals surface area (Å²) in [5.41, 5.74) is 9.68. The van der Waals surface area contributed by atoms with Crippen LogP contribution in [-0.4, -0.2) is 10.7 Å². The summed E-state index contributed by atoms with van der Waals surface area (Å²) in [6.07, 6.45) is 0. The molecule has 1 aliphatic heterocycles. The second-order valence-corrected chi connectivity index (χ2v) is 5.88. The van der Waals surface area contributed by atoms with Crippen molar-refractivity contribution in [3.8, 4) is 0 Å². The van der Waals surface area contributed by atoms with E-state index in [1.807, 2.05) is 6.07 Å². The fraction of sp³-hybridized carbons (Fsp3) is 0.150. The van der Waals surface area contributed by atoms with Gasteiger partial charge in [0.1, 0.15) is 0 Å². The van der Waals surface area contributed by atoms with E-state index in [-0.39, 0.29) is 0 Å². The van der Waals surface area contributed by atoms with Gasteiger partial charge in [0.2, 0.25) is 0 Å². The summed E-state index contributed by atoms with van der Waals surface area (Å²) in [7, 11) is 0. The maximum absolute atomic E-state index is 4.72. The summed E-state index contributed by atoms with van der Waals surface area (Å²) in [5, 5.41) is 1.28. The number of aromatic amines is 1. The van der Waals surface area contributed by atoms with Gasteiger partial charge in [0.25, 0.3) is 0 Å². The van der Waals surface area contributed by atoms with Gasteiger partial charge in [-0.3, -0.25) is 4.99 Å². The summed E-state index contributed by atoms with van der Waals surface area (Å²) < 4.78 is 0. The number of para-hydroxylation sites is 2. The number of benzene rings is 2. The van der Waals surface area contributed by atoms with Gasteiger partial charge < -0.3 is 4.98 Å². The summed E-state index contributed by atoms with van der Waals surface area (Å²) in [6.45, 7) is 6.45. The highest BCUT2D eigenvalue weighted by Gasteiger charge is 2.22. The smallest absolute Gasteiger partial charge is 0.0712 e. The topological polar surface area (TPSA) is 28.1 Å². The first-order valence-electron chi connectivity index (χ1n) is 7.60. The highest BCUT2D eigenvalue weighted by molar-refractivity contribution is 6.34. The van der Waals surface area contributed by atoms with Crippen molar-refractivity contribution >= 4 is 33.4 Å². The molecule has 0 unspecified atom stereocenters. The first-order chi connectivity index (χ1) is 10.7. The Bertz CT molecular complexity index is 955. The Morgan fingerprint density at radius 2 is 1.68 bits per heavy atom. The number of aryl methyl sites for hydroxylation is 1. The molecule has 0 fully saturated rings. The molecule has 3 aromatic rings. The van der Waals surface area contributed by atoms with Gasteiger partial charge in [0.15, 0.2) is 0 Å². The molecule has 4 rings (SSSR count). The minimum Gasteiger partial charge on any atom is -0.358 e. The number of rotatable bonds is 1. The van der Waals surface area contributed by atoms with Crippen LogP contribution in [0.3, 0.4) is 0 Å². The Balaban J connectivity index is 2.03. The quantitative estimate of drug-likeness (QED) is 0.610. The molecule has 0 amide bonds. The van der Waals surface area contributed by atoms with Crippen molar-refractivity contribution < 1.29 is 0 Å². The minimum atomic E-state index is 1.08. The van der Waals surface area contributed by atoms with Gasteiger partial charge in [-0.1, -0.05) is 36.4 Å². The van der Waals surface area contributed by atoms with Crippen molar-refractivity contribution in [1.82, 2.24) is 4.98 Å². The molecular weight excluding hydrogens is 268 g/mol. The van der Waals surface area contributed by atoms with Crippen LogP contribution in [-0.2, 0) is 0 Å². The first kappa shape index (κ1) is 13.1. The predicted molar refractivity (Wildman–Crippen MR) is 94.7 cm³/mol. The van der Waals surface area contributed by atoms with Gasteiger partial charge in [-0.2, -0.15) is 0 Å². The normalized spacial score (nSPS) is 15.9. The van der Waals surface area contributed by atoms with Crippen molar-refractivity contribution in [3.63, 3.8) is 0 Å². The number of aromatic nitrogens is 1. The van der Waals surface area contributed by atoms with Crippen LogP contribution in [0.15, 0.2) is 53.5 Å². The summed E-state index contributed by atoms with van der Waals surface area (Å²) >= 11 is 0. The Kier molecular flexibility index (Phi) is 2.80. The van der Waals surface area contributed by atoms with E-state index in [0.29, 0.717) is 0 Å². The molecule has 0 atom stereocenters. The fourth-order valence-corrected chi connectivity index (χ4v) is 3.57.